The van der Waals surface area contributed by atoms with Gasteiger partial charge in [0, 0.05) is 0 Å². The summed E-state index contributed by atoms with van der Waals surface area (Å²) in [5.41, 5.74) is 1.75. The van der Waals surface area contributed by atoms with Crippen molar-refractivity contribution in [3.05, 3.63) is 37.0 Å². The molecule has 0 unspecified atom stereocenters. The Morgan fingerprint density at radius 2 is 0.719 bits per heavy atom. The van der Waals surface area contributed by atoms with Crippen molar-refractivity contribution in [1.29, 1.82) is 0 Å². The van der Waals surface area contributed by atoms with Gasteiger partial charge in [0.15, 0.2) is 0 Å². The maximum absolute atomic E-state index is 3.81. The smallest absolute Gasteiger partial charge is 0.0320 e. The van der Waals surface area contributed by atoms with E-state index in [2.05, 4.69) is 38.3 Å². The maximum Gasteiger partial charge on any atom is -0.0320 e. The Hall–Kier alpha value is -0.780. The second kappa shape index (κ2) is 28.3. The molecule has 0 saturated heterocycles. The van der Waals surface area contributed by atoms with Gasteiger partial charge in [-0.25, -0.2) is 0 Å². The normalized spacial score (nSPS) is 11.7. The molecule has 0 spiro atoms. The van der Waals surface area contributed by atoms with Gasteiger partial charge in [0.05, 0.1) is 0 Å². The van der Waals surface area contributed by atoms with E-state index in [0.29, 0.717) is 0 Å². The van der Waals surface area contributed by atoms with Crippen molar-refractivity contribution in [2.45, 2.75) is 167 Å². The minimum absolute atomic E-state index is 1.20. The van der Waals surface area contributed by atoms with Crippen LogP contribution in [-0.2, 0) is 0 Å². The molecule has 32 heavy (non-hydrogen) atoms. The zero-order valence-electron chi connectivity index (χ0n) is 22.3. The van der Waals surface area contributed by atoms with Crippen LogP contribution in [0.4, 0.5) is 0 Å². The van der Waals surface area contributed by atoms with Gasteiger partial charge in [-0.05, 0) is 57.8 Å². The van der Waals surface area contributed by atoms with Crippen LogP contribution >= 0.6 is 0 Å². The Morgan fingerprint density at radius 3 is 1.00 bits per heavy atom. The zero-order chi connectivity index (χ0) is 23.4. The van der Waals surface area contributed by atoms with Gasteiger partial charge in [-0.2, -0.15) is 0 Å². The summed E-state index contributed by atoms with van der Waals surface area (Å²) in [6.07, 6.45) is 41.5. The fraction of sp³-hybridized carbons (Fsp3) is 0.812. The number of rotatable bonds is 27. The highest BCUT2D eigenvalue weighted by molar-refractivity contribution is 5.01. The van der Waals surface area contributed by atoms with E-state index in [0.717, 1.165) is 0 Å². The number of allylic oxidation sites excluding steroid dienone is 4. The lowest BCUT2D eigenvalue weighted by Crippen LogP contribution is -1.88. The van der Waals surface area contributed by atoms with E-state index in [1.807, 2.05) is 0 Å². The lowest BCUT2D eigenvalue weighted by molar-refractivity contribution is 0.532. The summed E-state index contributed by atoms with van der Waals surface area (Å²) in [4.78, 5) is 0. The first-order chi connectivity index (χ1) is 15.8. The number of unbranched alkanes of at least 4 members (excludes halogenated alkanes) is 20. The zero-order valence-corrected chi connectivity index (χ0v) is 22.3. The summed E-state index contributed by atoms with van der Waals surface area (Å²) in [7, 11) is 0. The van der Waals surface area contributed by atoms with E-state index >= 15 is 0 Å². The predicted octanol–water partition coefficient (Wildman–Crippen LogP) is 12.1. The summed E-state index contributed by atoms with van der Waals surface area (Å²) in [6, 6.07) is 0. The van der Waals surface area contributed by atoms with Gasteiger partial charge in [0.1, 0.15) is 0 Å². The maximum atomic E-state index is 3.81. The summed E-state index contributed by atoms with van der Waals surface area (Å²) in [5, 5.41) is 0. The molecule has 0 aromatic heterocycles. The Morgan fingerprint density at radius 1 is 0.438 bits per heavy atom. The molecule has 0 aromatic rings. The number of hydrogen-bond acceptors (Lipinski definition) is 0. The van der Waals surface area contributed by atoms with Gasteiger partial charge in [-0.15, -0.1) is 13.2 Å². The van der Waals surface area contributed by atoms with Crippen molar-refractivity contribution >= 4 is 0 Å². The topological polar surface area (TPSA) is 0 Å². The standard InChI is InChI=1S/C32H60/c1-4-7-9-11-13-15-16-17-18-19-20-21-22-24-26-28-31-32(29-6-3)30-27-25-23-14-12-10-8-5-2/h4-5,29H,1-2,6-28,30-31H2,3H3. The van der Waals surface area contributed by atoms with Gasteiger partial charge in [-0.3, -0.25) is 0 Å². The van der Waals surface area contributed by atoms with E-state index in [4.69, 9.17) is 0 Å². The molecule has 0 aliphatic rings. The first kappa shape index (κ1) is 31.2. The van der Waals surface area contributed by atoms with Crippen LogP contribution in [0.3, 0.4) is 0 Å². The Labute approximate surface area is 204 Å². The highest BCUT2D eigenvalue weighted by Gasteiger charge is 2.00. The molecule has 0 amide bonds. The molecular weight excluding hydrogens is 384 g/mol. The van der Waals surface area contributed by atoms with E-state index in [1.165, 1.54) is 161 Å². The predicted molar refractivity (Wildman–Crippen MR) is 150 cm³/mol. The molecule has 0 fully saturated rings. The van der Waals surface area contributed by atoms with Gasteiger partial charge in [0.25, 0.3) is 0 Å². The third kappa shape index (κ3) is 25.5. The van der Waals surface area contributed by atoms with Crippen LogP contribution in [0, 0.1) is 0 Å². The van der Waals surface area contributed by atoms with Crippen LogP contribution in [-0.4, -0.2) is 0 Å². The van der Waals surface area contributed by atoms with Gasteiger partial charge in [-0.1, -0.05) is 133 Å². The summed E-state index contributed by atoms with van der Waals surface area (Å²) in [6.45, 7) is 9.90. The van der Waals surface area contributed by atoms with E-state index < -0.39 is 0 Å². The van der Waals surface area contributed by atoms with Crippen LogP contribution in [0.5, 0.6) is 0 Å². The molecule has 0 N–H and O–H groups in total. The van der Waals surface area contributed by atoms with Crippen molar-refractivity contribution in [2.75, 3.05) is 0 Å². The van der Waals surface area contributed by atoms with Crippen LogP contribution < -0.4 is 0 Å². The van der Waals surface area contributed by atoms with Crippen molar-refractivity contribution < 1.29 is 0 Å². The lowest BCUT2D eigenvalue weighted by Gasteiger charge is -2.08. The molecule has 0 aliphatic heterocycles. The molecule has 0 heterocycles. The van der Waals surface area contributed by atoms with Crippen molar-refractivity contribution in [2.24, 2.45) is 0 Å². The molecule has 0 aromatic carbocycles. The van der Waals surface area contributed by atoms with Crippen molar-refractivity contribution in [1.82, 2.24) is 0 Å². The van der Waals surface area contributed by atoms with Crippen LogP contribution in [0.2, 0.25) is 0 Å². The summed E-state index contributed by atoms with van der Waals surface area (Å²) < 4.78 is 0. The first-order valence-electron chi connectivity index (χ1n) is 14.7. The third-order valence-electron chi connectivity index (χ3n) is 6.81. The third-order valence-corrected chi connectivity index (χ3v) is 6.81. The van der Waals surface area contributed by atoms with Crippen molar-refractivity contribution in [3.63, 3.8) is 0 Å². The number of hydrogen-bond donors (Lipinski definition) is 0. The van der Waals surface area contributed by atoms with E-state index in [9.17, 15) is 0 Å². The SMILES string of the molecule is C=CCCCCCCCCCCCCCCCCC(=CCC)CCCCCCCCC=C. The molecule has 0 heteroatoms. The first-order valence-corrected chi connectivity index (χ1v) is 14.7. The summed E-state index contributed by atoms with van der Waals surface area (Å²) >= 11 is 0. The Bertz CT molecular complexity index is 402. The minimum atomic E-state index is 1.20. The molecule has 0 saturated carbocycles. The summed E-state index contributed by atoms with van der Waals surface area (Å²) in [5.74, 6) is 0. The minimum Gasteiger partial charge on any atom is -0.103 e. The van der Waals surface area contributed by atoms with Crippen LogP contribution in [0.1, 0.15) is 167 Å². The molecule has 0 rings (SSSR count). The fourth-order valence-corrected chi connectivity index (χ4v) is 4.73. The second-order valence-electron chi connectivity index (χ2n) is 10.00. The molecule has 0 atom stereocenters. The second-order valence-corrected chi connectivity index (χ2v) is 10.00. The van der Waals surface area contributed by atoms with Crippen molar-refractivity contribution in [3.8, 4) is 0 Å². The lowest BCUT2D eigenvalue weighted by atomic mass is 9.98. The molecule has 0 bridgehead atoms. The highest BCUT2D eigenvalue weighted by Crippen LogP contribution is 2.19. The van der Waals surface area contributed by atoms with Crippen LogP contribution in [0.15, 0.2) is 37.0 Å². The monoisotopic (exact) mass is 444 g/mol. The molecule has 188 valence electrons. The average Bonchev–Trinajstić information content (AvgIpc) is 2.80. The fourth-order valence-electron chi connectivity index (χ4n) is 4.73. The molecule has 0 radical (unpaired) electrons. The Kier molecular flexibility index (Phi) is 27.6. The molecule has 0 nitrogen and oxygen atoms in total. The van der Waals surface area contributed by atoms with E-state index in [-0.39, 0.29) is 0 Å². The largest absolute Gasteiger partial charge is 0.103 e. The average molecular weight is 445 g/mol. The van der Waals surface area contributed by atoms with E-state index in [1.54, 1.807) is 5.57 Å². The van der Waals surface area contributed by atoms with Gasteiger partial charge in [0.2, 0.25) is 0 Å². The van der Waals surface area contributed by atoms with Gasteiger partial charge >= 0.3 is 0 Å². The Balaban J connectivity index is 3.39. The van der Waals surface area contributed by atoms with Crippen LogP contribution in [0.25, 0.3) is 0 Å². The molecular formula is C32H60. The van der Waals surface area contributed by atoms with Gasteiger partial charge < -0.3 is 0 Å². The quantitative estimate of drug-likeness (QED) is 0.0872. The highest BCUT2D eigenvalue weighted by atomic mass is 14.1. The molecule has 0 aliphatic carbocycles.